The fourth-order valence-electron chi connectivity index (χ4n) is 3.57. The molecule has 0 bridgehead atoms. The summed E-state index contributed by atoms with van der Waals surface area (Å²) in [5, 5.41) is 7.78. The summed E-state index contributed by atoms with van der Waals surface area (Å²) in [6.07, 6.45) is 0. The summed E-state index contributed by atoms with van der Waals surface area (Å²) in [7, 11) is 0. The first kappa shape index (κ1) is 23.3. The van der Waals surface area contributed by atoms with Crippen LogP contribution in [0.2, 0.25) is 0 Å². The summed E-state index contributed by atoms with van der Waals surface area (Å²) in [6.45, 7) is 5.35. The van der Waals surface area contributed by atoms with Gasteiger partial charge in [0.25, 0.3) is 0 Å². The number of carbonyl (C=O) groups excluding carboxylic acids is 2. The molecule has 0 unspecified atom stereocenters. The van der Waals surface area contributed by atoms with Crippen LogP contribution in [-0.2, 0) is 20.9 Å². The molecule has 3 aromatic rings. The minimum Gasteiger partial charge on any atom is -0.379 e. The van der Waals surface area contributed by atoms with Gasteiger partial charge in [-0.2, -0.15) is 0 Å². The summed E-state index contributed by atoms with van der Waals surface area (Å²) >= 11 is 6.89. The zero-order chi connectivity index (χ0) is 23.2. The topological polar surface area (TPSA) is 75.6 Å². The third-order valence-corrected chi connectivity index (χ3v) is 6.63. The molecule has 0 saturated carbocycles. The number of nitrogens with zero attached hydrogens (tertiary/aromatic N) is 2. The number of amides is 2. The van der Waals surface area contributed by atoms with E-state index in [-0.39, 0.29) is 18.4 Å². The van der Waals surface area contributed by atoms with Gasteiger partial charge in [-0.3, -0.25) is 14.5 Å². The predicted octanol–water partition coefficient (Wildman–Crippen LogP) is 4.16. The molecule has 0 aliphatic carbocycles. The van der Waals surface area contributed by atoms with Crippen LogP contribution in [0.15, 0.2) is 53.9 Å². The molecule has 2 heterocycles. The Bertz CT molecular complexity index is 1160. The van der Waals surface area contributed by atoms with Crippen LogP contribution in [0.25, 0.3) is 11.3 Å². The van der Waals surface area contributed by atoms with Gasteiger partial charge >= 0.3 is 0 Å². The number of hydrogen-bond acceptors (Lipinski definition) is 6. The summed E-state index contributed by atoms with van der Waals surface area (Å²) < 4.78 is 7.80. The van der Waals surface area contributed by atoms with Crippen molar-refractivity contribution in [2.24, 2.45) is 0 Å². The Morgan fingerprint density at radius 1 is 0.939 bits per heavy atom. The molecule has 1 aliphatic rings. The van der Waals surface area contributed by atoms with E-state index in [0.717, 1.165) is 24.3 Å². The molecule has 172 valence electrons. The highest BCUT2D eigenvalue weighted by molar-refractivity contribution is 7.73. The van der Waals surface area contributed by atoms with Gasteiger partial charge in [-0.15, -0.1) is 11.3 Å². The highest BCUT2D eigenvalue weighted by Gasteiger charge is 2.15. The maximum atomic E-state index is 12.7. The summed E-state index contributed by atoms with van der Waals surface area (Å²) in [5.41, 5.74) is 4.48. The molecule has 2 amide bonds. The molecule has 1 aliphatic heterocycles. The number of morpholine rings is 1. The van der Waals surface area contributed by atoms with Gasteiger partial charge in [-0.05, 0) is 49.0 Å². The molecule has 7 nitrogen and oxygen atoms in total. The van der Waals surface area contributed by atoms with Gasteiger partial charge in [0.05, 0.1) is 25.5 Å². The first-order valence-electron chi connectivity index (χ1n) is 10.7. The molecule has 1 fully saturated rings. The Morgan fingerprint density at radius 2 is 1.52 bits per heavy atom. The normalized spacial score (nSPS) is 14.1. The molecule has 1 saturated heterocycles. The van der Waals surface area contributed by atoms with Gasteiger partial charge in [0, 0.05) is 29.8 Å². The Labute approximate surface area is 202 Å². The van der Waals surface area contributed by atoms with E-state index in [0.29, 0.717) is 35.1 Å². The van der Waals surface area contributed by atoms with Crippen molar-refractivity contribution in [2.45, 2.75) is 13.5 Å². The van der Waals surface area contributed by atoms with Gasteiger partial charge in [-0.25, -0.2) is 0 Å². The van der Waals surface area contributed by atoms with Gasteiger partial charge in [-0.1, -0.05) is 29.8 Å². The van der Waals surface area contributed by atoms with E-state index in [2.05, 4.69) is 15.5 Å². The zero-order valence-corrected chi connectivity index (χ0v) is 20.0. The number of thiazole rings is 1. The molecular formula is C24H26N4O3S2. The average molecular weight is 483 g/mol. The average Bonchev–Trinajstić information content (AvgIpc) is 3.16. The third-order valence-electron chi connectivity index (χ3n) is 5.35. The van der Waals surface area contributed by atoms with E-state index < -0.39 is 0 Å². The second-order valence-electron chi connectivity index (χ2n) is 7.90. The van der Waals surface area contributed by atoms with Crippen molar-refractivity contribution >= 4 is 46.7 Å². The number of anilines is 2. The number of aromatic nitrogens is 1. The van der Waals surface area contributed by atoms with Crippen molar-refractivity contribution in [3.8, 4) is 11.3 Å². The van der Waals surface area contributed by atoms with E-state index in [9.17, 15) is 9.59 Å². The highest BCUT2D eigenvalue weighted by atomic mass is 32.1. The van der Waals surface area contributed by atoms with Crippen LogP contribution in [0.4, 0.5) is 11.4 Å². The standard InChI is InChI=1S/C24H26N4O3S2/c1-17-2-4-18(5-3-17)21-16-33-24(32)28(21)15-23(30)26-20-8-6-19(7-9-20)25-22(29)14-27-10-12-31-13-11-27/h2-9,16H,10-15H2,1H3,(H,25,29)(H,26,30). The number of aryl methyl sites for hydroxylation is 1. The highest BCUT2D eigenvalue weighted by Crippen LogP contribution is 2.24. The van der Waals surface area contributed by atoms with Crippen LogP contribution in [-0.4, -0.2) is 54.1 Å². The Hall–Kier alpha value is -2.85. The number of ether oxygens (including phenoxy) is 1. The molecule has 0 atom stereocenters. The predicted molar refractivity (Wildman–Crippen MR) is 134 cm³/mol. The fraction of sp³-hybridized carbons (Fsp3) is 0.292. The maximum absolute atomic E-state index is 12.7. The minimum atomic E-state index is -0.165. The lowest BCUT2D eigenvalue weighted by atomic mass is 10.1. The largest absolute Gasteiger partial charge is 0.379 e. The molecule has 2 N–H and O–H groups in total. The minimum absolute atomic E-state index is 0.0656. The first-order valence-corrected chi connectivity index (χ1v) is 12.0. The Balaban J connectivity index is 1.34. The Morgan fingerprint density at radius 3 is 2.12 bits per heavy atom. The second kappa shape index (κ2) is 10.8. The van der Waals surface area contributed by atoms with Crippen LogP contribution >= 0.6 is 23.6 Å². The molecule has 2 aromatic carbocycles. The fourth-order valence-corrected chi connectivity index (χ4v) is 4.65. The smallest absolute Gasteiger partial charge is 0.244 e. The van der Waals surface area contributed by atoms with Crippen molar-refractivity contribution in [2.75, 3.05) is 43.5 Å². The molecule has 4 rings (SSSR count). The molecule has 33 heavy (non-hydrogen) atoms. The number of carbonyl (C=O) groups is 2. The molecular weight excluding hydrogens is 456 g/mol. The van der Waals surface area contributed by atoms with Crippen molar-refractivity contribution < 1.29 is 14.3 Å². The molecule has 0 spiro atoms. The van der Waals surface area contributed by atoms with E-state index in [4.69, 9.17) is 17.0 Å². The summed E-state index contributed by atoms with van der Waals surface area (Å²) in [6, 6.07) is 15.3. The van der Waals surface area contributed by atoms with Crippen LogP contribution < -0.4 is 10.6 Å². The van der Waals surface area contributed by atoms with Gasteiger partial charge in [0.15, 0.2) is 3.95 Å². The lowest BCUT2D eigenvalue weighted by molar-refractivity contribution is -0.118. The van der Waals surface area contributed by atoms with E-state index >= 15 is 0 Å². The van der Waals surface area contributed by atoms with Gasteiger partial charge in [0.1, 0.15) is 6.54 Å². The maximum Gasteiger partial charge on any atom is 0.244 e. The first-order chi connectivity index (χ1) is 16.0. The lowest BCUT2D eigenvalue weighted by Gasteiger charge is -2.25. The second-order valence-corrected chi connectivity index (χ2v) is 9.40. The van der Waals surface area contributed by atoms with Crippen LogP contribution in [0.5, 0.6) is 0 Å². The van der Waals surface area contributed by atoms with Gasteiger partial charge in [0.2, 0.25) is 11.8 Å². The van der Waals surface area contributed by atoms with E-state index in [1.807, 2.05) is 41.1 Å². The van der Waals surface area contributed by atoms with Crippen LogP contribution in [0.3, 0.4) is 0 Å². The molecule has 0 radical (unpaired) electrons. The Kier molecular flexibility index (Phi) is 7.66. The third kappa shape index (κ3) is 6.35. The van der Waals surface area contributed by atoms with Crippen LogP contribution in [0, 0.1) is 10.9 Å². The van der Waals surface area contributed by atoms with E-state index in [1.54, 1.807) is 24.3 Å². The lowest BCUT2D eigenvalue weighted by Crippen LogP contribution is -2.41. The SMILES string of the molecule is Cc1ccc(-c2csc(=S)n2CC(=O)Nc2ccc(NC(=O)CN3CCOCC3)cc2)cc1. The van der Waals surface area contributed by atoms with Crippen molar-refractivity contribution in [3.63, 3.8) is 0 Å². The number of nitrogens with one attached hydrogen (secondary N) is 2. The number of benzene rings is 2. The summed E-state index contributed by atoms with van der Waals surface area (Å²) in [4.78, 5) is 27.0. The van der Waals surface area contributed by atoms with Gasteiger partial charge < -0.3 is 19.9 Å². The summed E-state index contributed by atoms with van der Waals surface area (Å²) in [5.74, 6) is -0.230. The van der Waals surface area contributed by atoms with E-state index in [1.165, 1.54) is 16.9 Å². The molecule has 9 heteroatoms. The van der Waals surface area contributed by atoms with Crippen LogP contribution in [0.1, 0.15) is 5.56 Å². The van der Waals surface area contributed by atoms with Crippen molar-refractivity contribution in [1.29, 1.82) is 0 Å². The number of hydrogen-bond donors (Lipinski definition) is 2. The quantitative estimate of drug-likeness (QED) is 0.495. The molecule has 1 aromatic heterocycles. The van der Waals surface area contributed by atoms with Crippen molar-refractivity contribution in [3.05, 3.63) is 63.4 Å². The number of rotatable bonds is 7. The monoisotopic (exact) mass is 482 g/mol. The van der Waals surface area contributed by atoms with Crippen molar-refractivity contribution in [1.82, 2.24) is 9.47 Å². The zero-order valence-electron chi connectivity index (χ0n) is 18.4.